The zero-order valence-electron chi connectivity index (χ0n) is 27.8. The molecule has 0 aromatic heterocycles. The lowest BCUT2D eigenvalue weighted by Gasteiger charge is -2.33. The van der Waals surface area contributed by atoms with Crippen molar-refractivity contribution in [2.75, 3.05) is 49.1 Å². The highest BCUT2D eigenvalue weighted by atomic mass is 16.2. The van der Waals surface area contributed by atoms with Crippen LogP contribution in [-0.2, 0) is 0 Å². The first kappa shape index (κ1) is 29.4. The molecule has 0 unspecified atom stereocenters. The Balaban J connectivity index is 1.46. The molecule has 0 spiro atoms. The van der Waals surface area contributed by atoms with E-state index >= 15 is 0 Å². The summed E-state index contributed by atoms with van der Waals surface area (Å²) in [4.78, 5) is 64.2. The van der Waals surface area contributed by atoms with Gasteiger partial charge in [-0.2, -0.15) is 0 Å². The van der Waals surface area contributed by atoms with Crippen LogP contribution in [0.4, 0.5) is 11.4 Å². The fourth-order valence-electron chi connectivity index (χ4n) is 8.98. The van der Waals surface area contributed by atoms with Crippen LogP contribution in [0.5, 0.6) is 0 Å². The molecule has 5 aromatic rings. The number of carbonyl (C=O) groups is 4. The van der Waals surface area contributed by atoms with E-state index in [-0.39, 0.29) is 23.6 Å². The summed E-state index contributed by atoms with van der Waals surface area (Å²) in [5.41, 5.74) is 4.33. The van der Waals surface area contributed by atoms with E-state index in [2.05, 4.69) is 35.8 Å². The van der Waals surface area contributed by atoms with Gasteiger partial charge in [-0.15, -0.1) is 0 Å². The number of rotatable bonds is 8. The monoisotopic (exact) mass is 640 g/mol. The molecule has 5 aromatic carbocycles. The lowest BCUT2D eigenvalue weighted by Crippen LogP contribution is -2.41. The van der Waals surface area contributed by atoms with Crippen LogP contribution in [0.25, 0.3) is 43.1 Å². The Labute approximate surface area is 279 Å². The third-order valence-electron chi connectivity index (χ3n) is 11.3. The summed E-state index contributed by atoms with van der Waals surface area (Å²) in [6, 6.07) is 12.0. The van der Waals surface area contributed by atoms with Crippen LogP contribution in [0.3, 0.4) is 0 Å². The standard InChI is InChI=1S/C40H40N4O4/c1-3-5-19-43-37(45)25-13-11-23-34-30(42-17-9-10-18-42)22-28-32-26(38(46)44(40(28)48)20-6-4-2)14-12-24(36(32)34)33-29(41-15-7-8-16-41)21-27(39(43)47)31(25)35(23)33/h11-14,21-22H,3-10,15-20H2,1-2H3. The lowest BCUT2D eigenvalue weighted by atomic mass is 9.80. The molecule has 0 saturated carbocycles. The summed E-state index contributed by atoms with van der Waals surface area (Å²) >= 11 is 0. The largest absolute Gasteiger partial charge is 0.371 e. The summed E-state index contributed by atoms with van der Waals surface area (Å²) in [6.07, 6.45) is 7.58. The molecule has 2 fully saturated rings. The summed E-state index contributed by atoms with van der Waals surface area (Å²) < 4.78 is 0. The van der Waals surface area contributed by atoms with Crippen molar-refractivity contribution in [3.05, 3.63) is 58.7 Å². The molecule has 0 aliphatic carbocycles. The summed E-state index contributed by atoms with van der Waals surface area (Å²) in [7, 11) is 0. The summed E-state index contributed by atoms with van der Waals surface area (Å²) in [5.74, 6) is -0.897. The Morgan fingerprint density at radius 3 is 1.23 bits per heavy atom. The second-order valence-corrected chi connectivity index (χ2v) is 14.1. The van der Waals surface area contributed by atoms with Crippen molar-refractivity contribution in [3.63, 3.8) is 0 Å². The Morgan fingerprint density at radius 2 is 0.854 bits per heavy atom. The third kappa shape index (κ3) is 3.89. The number of unbranched alkanes of at least 4 members (excludes halogenated alkanes) is 2. The molecule has 8 heteroatoms. The van der Waals surface area contributed by atoms with E-state index in [1.54, 1.807) is 0 Å². The van der Waals surface area contributed by atoms with Crippen LogP contribution in [0, 0.1) is 0 Å². The third-order valence-corrected chi connectivity index (χ3v) is 11.3. The maximum absolute atomic E-state index is 14.2. The van der Waals surface area contributed by atoms with Crippen molar-refractivity contribution >= 4 is 78.1 Å². The average molecular weight is 641 g/mol. The second kappa shape index (κ2) is 10.9. The minimum atomic E-state index is -0.230. The number of imide groups is 2. The van der Waals surface area contributed by atoms with Crippen LogP contribution in [0.15, 0.2) is 36.4 Å². The molecule has 4 aliphatic heterocycles. The molecule has 0 atom stereocenters. The number of fused-ring (bicyclic) bond motifs is 2. The van der Waals surface area contributed by atoms with Gasteiger partial charge in [0, 0.05) is 94.1 Å². The highest BCUT2D eigenvalue weighted by molar-refractivity contribution is 6.44. The van der Waals surface area contributed by atoms with Crippen molar-refractivity contribution in [1.29, 1.82) is 0 Å². The van der Waals surface area contributed by atoms with Gasteiger partial charge < -0.3 is 9.80 Å². The number of benzene rings is 5. The number of anilines is 2. The topological polar surface area (TPSA) is 81.2 Å². The molecule has 4 aliphatic rings. The molecule has 9 rings (SSSR count). The van der Waals surface area contributed by atoms with E-state index < -0.39 is 0 Å². The average Bonchev–Trinajstić information content (AvgIpc) is 3.84. The Morgan fingerprint density at radius 1 is 0.479 bits per heavy atom. The van der Waals surface area contributed by atoms with E-state index in [4.69, 9.17) is 0 Å². The number of hydrogen-bond donors (Lipinski definition) is 0. The molecule has 244 valence electrons. The van der Waals surface area contributed by atoms with Crippen molar-refractivity contribution in [2.45, 2.75) is 65.2 Å². The highest BCUT2D eigenvalue weighted by Gasteiger charge is 2.39. The second-order valence-electron chi connectivity index (χ2n) is 14.1. The van der Waals surface area contributed by atoms with Gasteiger partial charge in [0.25, 0.3) is 23.6 Å². The molecule has 4 heterocycles. The molecule has 4 amide bonds. The van der Waals surface area contributed by atoms with Crippen molar-refractivity contribution in [2.24, 2.45) is 0 Å². The van der Waals surface area contributed by atoms with Gasteiger partial charge in [-0.1, -0.05) is 38.8 Å². The number of carbonyl (C=O) groups excluding carboxylic acids is 4. The molecular formula is C40H40N4O4. The van der Waals surface area contributed by atoms with E-state index in [0.29, 0.717) is 35.3 Å². The van der Waals surface area contributed by atoms with Crippen LogP contribution in [0.1, 0.15) is 107 Å². The Hall–Kier alpha value is -4.72. The first-order chi connectivity index (χ1) is 23.4. The molecule has 0 radical (unpaired) electrons. The minimum Gasteiger partial charge on any atom is -0.371 e. The van der Waals surface area contributed by atoms with Gasteiger partial charge in [-0.3, -0.25) is 29.0 Å². The van der Waals surface area contributed by atoms with Gasteiger partial charge in [-0.05, 0) is 73.6 Å². The van der Waals surface area contributed by atoms with Gasteiger partial charge in [0.15, 0.2) is 0 Å². The lowest BCUT2D eigenvalue weighted by molar-refractivity contribution is 0.0593. The van der Waals surface area contributed by atoms with Gasteiger partial charge >= 0.3 is 0 Å². The fraction of sp³-hybridized carbons (Fsp3) is 0.400. The zero-order chi connectivity index (χ0) is 32.8. The van der Waals surface area contributed by atoms with Crippen molar-refractivity contribution in [1.82, 2.24) is 9.80 Å². The van der Waals surface area contributed by atoms with Gasteiger partial charge in [-0.25, -0.2) is 0 Å². The highest BCUT2D eigenvalue weighted by Crippen LogP contribution is 2.52. The number of hydrogen-bond acceptors (Lipinski definition) is 6. The Kier molecular flexibility index (Phi) is 6.68. The van der Waals surface area contributed by atoms with E-state index in [1.807, 2.05) is 24.3 Å². The zero-order valence-corrected chi connectivity index (χ0v) is 27.8. The quantitative estimate of drug-likeness (QED) is 0.0981. The van der Waals surface area contributed by atoms with Crippen LogP contribution >= 0.6 is 0 Å². The fourth-order valence-corrected chi connectivity index (χ4v) is 8.98. The van der Waals surface area contributed by atoms with Crippen LogP contribution < -0.4 is 9.80 Å². The maximum atomic E-state index is 14.2. The maximum Gasteiger partial charge on any atom is 0.261 e. The summed E-state index contributed by atoms with van der Waals surface area (Å²) in [5, 5.41) is 7.31. The summed E-state index contributed by atoms with van der Waals surface area (Å²) in [6.45, 7) is 8.49. The minimum absolute atomic E-state index is 0.218. The first-order valence-electron chi connectivity index (χ1n) is 17.9. The van der Waals surface area contributed by atoms with Crippen molar-refractivity contribution in [3.8, 4) is 0 Å². The molecular weight excluding hydrogens is 600 g/mol. The van der Waals surface area contributed by atoms with Crippen LogP contribution in [-0.4, -0.2) is 72.7 Å². The number of nitrogens with zero attached hydrogens (tertiary/aromatic N) is 4. The van der Waals surface area contributed by atoms with E-state index in [9.17, 15) is 19.2 Å². The molecule has 8 nitrogen and oxygen atoms in total. The van der Waals surface area contributed by atoms with Gasteiger partial charge in [0.2, 0.25) is 0 Å². The van der Waals surface area contributed by atoms with Gasteiger partial charge in [0.1, 0.15) is 0 Å². The van der Waals surface area contributed by atoms with Crippen LogP contribution in [0.2, 0.25) is 0 Å². The van der Waals surface area contributed by atoms with Gasteiger partial charge in [0.05, 0.1) is 11.1 Å². The molecule has 0 N–H and O–H groups in total. The first-order valence-corrected chi connectivity index (χ1v) is 17.9. The molecule has 48 heavy (non-hydrogen) atoms. The molecule has 2 saturated heterocycles. The normalized spacial score (nSPS) is 18.0. The van der Waals surface area contributed by atoms with E-state index in [0.717, 1.165) is 132 Å². The Bertz CT molecular complexity index is 2070. The predicted octanol–water partition coefficient (Wildman–Crippen LogP) is 7.73. The van der Waals surface area contributed by atoms with Crippen molar-refractivity contribution < 1.29 is 19.2 Å². The predicted molar refractivity (Wildman–Crippen MR) is 191 cm³/mol. The smallest absolute Gasteiger partial charge is 0.261 e. The molecule has 0 bridgehead atoms. The SMILES string of the molecule is CCCCN1C(=O)c2ccc3c4c(N5CCCC5)cc5c6c(ccc(c7c(N8CCCC8)cc(c2c37)C1=O)c64)C(=O)N(CCCC)C5=O. The van der Waals surface area contributed by atoms with E-state index in [1.165, 1.54) is 9.80 Å². The number of amides is 4.